The molecule has 0 spiro atoms. The van der Waals surface area contributed by atoms with Crippen LogP contribution < -0.4 is 10.5 Å². The second-order valence-electron chi connectivity index (χ2n) is 8.77. The fraction of sp³-hybridized carbons (Fsp3) is 0.259. The van der Waals surface area contributed by atoms with Crippen LogP contribution in [0.2, 0.25) is 0 Å². The maximum atomic E-state index is 13.7. The van der Waals surface area contributed by atoms with E-state index in [1.807, 2.05) is 60.7 Å². The zero-order valence-electron chi connectivity index (χ0n) is 20.3. The first-order chi connectivity index (χ1) is 18.0. The lowest BCUT2D eigenvalue weighted by molar-refractivity contribution is -0.274. The monoisotopic (exact) mass is 545 g/mol. The summed E-state index contributed by atoms with van der Waals surface area (Å²) in [5, 5.41) is 0. The SMILES string of the molecule is NC1=NC(c2ccccc2)(c2ccccc2)C(=O)N1CCCCCS(=O)(=O)c1ccc(OC(F)(F)F)cc1. The topological polar surface area (TPSA) is 102 Å². The van der Waals surface area contributed by atoms with E-state index in [0.717, 1.165) is 24.3 Å². The van der Waals surface area contributed by atoms with E-state index < -0.39 is 27.5 Å². The summed E-state index contributed by atoms with van der Waals surface area (Å²) >= 11 is 0. The molecule has 7 nitrogen and oxygen atoms in total. The van der Waals surface area contributed by atoms with E-state index in [1.54, 1.807) is 0 Å². The smallest absolute Gasteiger partial charge is 0.406 e. The Morgan fingerprint density at radius 3 is 1.92 bits per heavy atom. The van der Waals surface area contributed by atoms with E-state index in [-0.39, 0.29) is 29.1 Å². The summed E-state index contributed by atoms with van der Waals surface area (Å²) in [6, 6.07) is 22.5. The number of sulfone groups is 1. The number of aliphatic imine (C=N–C) groups is 1. The minimum absolute atomic E-state index is 0.0892. The van der Waals surface area contributed by atoms with E-state index in [0.29, 0.717) is 30.4 Å². The van der Waals surface area contributed by atoms with Crippen molar-refractivity contribution >= 4 is 21.7 Å². The number of carbonyl (C=O) groups excluding carboxylic acids is 1. The van der Waals surface area contributed by atoms with Crippen LogP contribution >= 0.6 is 0 Å². The van der Waals surface area contributed by atoms with Gasteiger partial charge < -0.3 is 10.5 Å². The molecular weight excluding hydrogens is 519 g/mol. The van der Waals surface area contributed by atoms with Crippen LogP contribution in [0.25, 0.3) is 0 Å². The number of benzene rings is 3. The van der Waals surface area contributed by atoms with E-state index >= 15 is 0 Å². The van der Waals surface area contributed by atoms with Crippen LogP contribution in [0.5, 0.6) is 5.75 Å². The van der Waals surface area contributed by atoms with Gasteiger partial charge in [-0.3, -0.25) is 9.69 Å². The van der Waals surface area contributed by atoms with E-state index in [1.165, 1.54) is 4.90 Å². The van der Waals surface area contributed by atoms with Gasteiger partial charge in [0.25, 0.3) is 5.91 Å². The molecule has 0 aromatic heterocycles. The highest BCUT2D eigenvalue weighted by Gasteiger charge is 2.50. The molecule has 200 valence electrons. The summed E-state index contributed by atoms with van der Waals surface area (Å²) in [5.74, 6) is -0.868. The number of hydrogen-bond acceptors (Lipinski definition) is 6. The Bertz CT molecular complexity index is 1360. The van der Waals surface area contributed by atoms with Crippen LogP contribution in [0.4, 0.5) is 13.2 Å². The van der Waals surface area contributed by atoms with Crippen LogP contribution in [-0.4, -0.2) is 43.8 Å². The Morgan fingerprint density at radius 1 is 0.842 bits per heavy atom. The Balaban J connectivity index is 1.37. The summed E-state index contributed by atoms with van der Waals surface area (Å²) in [5.41, 5.74) is 6.30. The molecule has 1 aliphatic heterocycles. The Morgan fingerprint density at radius 2 is 1.39 bits per heavy atom. The van der Waals surface area contributed by atoms with Crippen molar-refractivity contribution in [3.63, 3.8) is 0 Å². The highest BCUT2D eigenvalue weighted by Crippen LogP contribution is 2.39. The normalized spacial score (nSPS) is 15.4. The first-order valence-electron chi connectivity index (χ1n) is 11.9. The van der Waals surface area contributed by atoms with Crippen molar-refractivity contribution in [1.29, 1.82) is 0 Å². The number of guanidine groups is 1. The average Bonchev–Trinajstić information content (AvgIpc) is 3.14. The highest BCUT2D eigenvalue weighted by molar-refractivity contribution is 7.91. The standard InChI is InChI=1S/C27H26F3N3O4S/c28-27(29,30)37-22-14-16-23(17-15-22)38(35,36)19-9-3-8-18-33-24(34)26(32-25(33)31,20-10-4-1-5-11-20)21-12-6-2-7-13-21/h1-2,4-7,10-17H,3,8-9,18-19H2,(H2,31,32). The molecule has 0 saturated heterocycles. The second kappa shape index (κ2) is 10.9. The van der Waals surface area contributed by atoms with Gasteiger partial charge in [0.1, 0.15) is 5.75 Å². The maximum absolute atomic E-state index is 13.7. The van der Waals surface area contributed by atoms with Crippen molar-refractivity contribution < 1.29 is 31.1 Å². The summed E-state index contributed by atoms with van der Waals surface area (Å²) in [6.07, 6.45) is -3.59. The Hall–Kier alpha value is -3.86. The molecule has 2 N–H and O–H groups in total. The van der Waals surface area contributed by atoms with Gasteiger partial charge in [-0.05, 0) is 48.2 Å². The van der Waals surface area contributed by atoms with Crippen LogP contribution in [0, 0.1) is 0 Å². The molecular formula is C27H26F3N3O4S. The van der Waals surface area contributed by atoms with E-state index in [4.69, 9.17) is 5.73 Å². The number of halogens is 3. The van der Waals surface area contributed by atoms with Gasteiger partial charge in [-0.15, -0.1) is 13.2 Å². The third-order valence-corrected chi connectivity index (χ3v) is 8.02. The number of nitrogens with two attached hydrogens (primary N) is 1. The largest absolute Gasteiger partial charge is 0.573 e. The van der Waals surface area contributed by atoms with Gasteiger partial charge in [0, 0.05) is 6.54 Å². The predicted octanol–water partition coefficient (Wildman–Crippen LogP) is 4.63. The second-order valence-corrected chi connectivity index (χ2v) is 10.9. The lowest BCUT2D eigenvalue weighted by Gasteiger charge is -2.27. The van der Waals surface area contributed by atoms with Gasteiger partial charge in [-0.2, -0.15) is 0 Å². The number of ether oxygens (including phenoxy) is 1. The third kappa shape index (κ3) is 5.83. The molecule has 11 heteroatoms. The average molecular weight is 546 g/mol. The van der Waals surface area contributed by atoms with Gasteiger partial charge in [0.15, 0.2) is 21.3 Å². The van der Waals surface area contributed by atoms with Crippen molar-refractivity contribution in [1.82, 2.24) is 4.90 Å². The molecule has 0 unspecified atom stereocenters. The first kappa shape index (κ1) is 27.2. The molecule has 1 amide bonds. The lowest BCUT2D eigenvalue weighted by atomic mass is 9.83. The minimum atomic E-state index is -4.85. The number of carbonyl (C=O) groups is 1. The molecule has 1 aliphatic rings. The number of alkyl halides is 3. The van der Waals surface area contributed by atoms with Crippen molar-refractivity contribution in [3.8, 4) is 5.75 Å². The lowest BCUT2D eigenvalue weighted by Crippen LogP contribution is -2.44. The molecule has 0 saturated carbocycles. The zero-order valence-corrected chi connectivity index (χ0v) is 21.1. The molecule has 1 heterocycles. The molecule has 3 aromatic carbocycles. The fourth-order valence-corrected chi connectivity index (χ4v) is 5.77. The van der Waals surface area contributed by atoms with Gasteiger partial charge in [0.2, 0.25) is 0 Å². The van der Waals surface area contributed by atoms with Crippen LogP contribution in [0.15, 0.2) is 94.8 Å². The highest BCUT2D eigenvalue weighted by atomic mass is 32.2. The van der Waals surface area contributed by atoms with Crippen LogP contribution in [0.3, 0.4) is 0 Å². The maximum Gasteiger partial charge on any atom is 0.573 e. The Kier molecular flexibility index (Phi) is 7.77. The van der Waals surface area contributed by atoms with Crippen molar-refractivity contribution in [2.45, 2.75) is 36.1 Å². The summed E-state index contributed by atoms with van der Waals surface area (Å²) in [4.78, 5) is 19.7. The van der Waals surface area contributed by atoms with Crippen molar-refractivity contribution in [2.75, 3.05) is 12.3 Å². The molecule has 0 aliphatic carbocycles. The van der Waals surface area contributed by atoms with Crippen LogP contribution in [-0.2, 0) is 20.2 Å². The Labute approximate surface area is 218 Å². The summed E-state index contributed by atoms with van der Waals surface area (Å²) in [6.45, 7) is 0.263. The quantitative estimate of drug-likeness (QED) is 0.375. The number of amides is 1. The van der Waals surface area contributed by atoms with Crippen molar-refractivity contribution in [2.24, 2.45) is 10.7 Å². The molecule has 0 radical (unpaired) electrons. The van der Waals surface area contributed by atoms with Crippen LogP contribution in [0.1, 0.15) is 30.4 Å². The van der Waals surface area contributed by atoms with Gasteiger partial charge in [-0.25, -0.2) is 13.4 Å². The van der Waals surface area contributed by atoms with Gasteiger partial charge in [-0.1, -0.05) is 67.1 Å². The molecule has 0 atom stereocenters. The molecule has 38 heavy (non-hydrogen) atoms. The summed E-state index contributed by atoms with van der Waals surface area (Å²) in [7, 11) is -3.70. The number of hydrogen-bond donors (Lipinski definition) is 1. The van der Waals surface area contributed by atoms with E-state index in [9.17, 15) is 26.4 Å². The number of unbranched alkanes of at least 4 members (excludes halogenated alkanes) is 2. The molecule has 3 aromatic rings. The van der Waals surface area contributed by atoms with Gasteiger partial charge >= 0.3 is 6.36 Å². The molecule has 4 rings (SSSR count). The minimum Gasteiger partial charge on any atom is -0.406 e. The fourth-order valence-electron chi connectivity index (χ4n) is 4.40. The van der Waals surface area contributed by atoms with E-state index in [2.05, 4.69) is 9.73 Å². The number of rotatable bonds is 10. The zero-order chi connectivity index (χ0) is 27.4. The summed E-state index contributed by atoms with van der Waals surface area (Å²) < 4.78 is 65.9. The van der Waals surface area contributed by atoms with Crippen molar-refractivity contribution in [3.05, 3.63) is 96.1 Å². The number of nitrogens with zero attached hydrogens (tertiary/aromatic N) is 2. The van der Waals surface area contributed by atoms with Gasteiger partial charge in [0.05, 0.1) is 10.6 Å². The molecule has 0 bridgehead atoms. The first-order valence-corrected chi connectivity index (χ1v) is 13.5. The predicted molar refractivity (Wildman–Crippen MR) is 136 cm³/mol. The third-order valence-electron chi connectivity index (χ3n) is 6.21. The molecule has 0 fully saturated rings.